The molecule has 0 radical (unpaired) electrons. The maximum atomic E-state index is 11.5. The Morgan fingerprint density at radius 1 is 0.727 bits per heavy atom. The van der Waals surface area contributed by atoms with Gasteiger partial charge in [0.25, 0.3) is 0 Å². The number of ether oxygens (including phenoxy) is 2. The molecule has 0 aromatic carbocycles. The first-order valence-corrected chi connectivity index (χ1v) is 9.70. The Morgan fingerprint density at radius 2 is 1.23 bits per heavy atom. The molecule has 0 aliphatic carbocycles. The molecule has 5 heteroatoms. The first-order chi connectivity index (χ1) is 10.7. The summed E-state index contributed by atoms with van der Waals surface area (Å²) in [6, 6.07) is 0. The average Bonchev–Trinajstić information content (AvgIpc) is 2.50. The van der Waals surface area contributed by atoms with Gasteiger partial charge in [-0.3, -0.25) is 9.59 Å². The largest absolute Gasteiger partial charge is 0.466 e. The van der Waals surface area contributed by atoms with Crippen molar-refractivity contribution in [3.8, 4) is 0 Å². The molecule has 0 unspecified atom stereocenters. The Hall–Kier alpha value is -0.580. The average molecular weight is 379 g/mol. The molecule has 22 heavy (non-hydrogen) atoms. The zero-order valence-electron chi connectivity index (χ0n) is 13.9. The highest BCUT2D eigenvalue weighted by atomic mass is 79.9. The molecule has 0 N–H and O–H groups in total. The number of rotatable bonds is 15. The van der Waals surface area contributed by atoms with Gasteiger partial charge in [0.05, 0.1) is 13.2 Å². The molecule has 0 rings (SSSR count). The fourth-order valence-corrected chi connectivity index (χ4v) is 2.37. The van der Waals surface area contributed by atoms with Crippen molar-refractivity contribution in [1.29, 1.82) is 0 Å². The molecule has 0 atom stereocenters. The number of halogens is 1. The summed E-state index contributed by atoms with van der Waals surface area (Å²) in [6.45, 7) is 3.13. The van der Waals surface area contributed by atoms with Crippen LogP contribution in [0.3, 0.4) is 0 Å². The van der Waals surface area contributed by atoms with E-state index in [1.165, 1.54) is 12.8 Å². The van der Waals surface area contributed by atoms with E-state index in [2.05, 4.69) is 22.9 Å². The van der Waals surface area contributed by atoms with Gasteiger partial charge in [-0.05, 0) is 25.7 Å². The summed E-state index contributed by atoms with van der Waals surface area (Å²) in [5.74, 6) is -0.421. The number of carbonyl (C=O) groups is 2. The van der Waals surface area contributed by atoms with E-state index in [0.29, 0.717) is 32.5 Å². The van der Waals surface area contributed by atoms with Crippen LogP contribution in [0.25, 0.3) is 0 Å². The Labute approximate surface area is 143 Å². The zero-order valence-corrected chi connectivity index (χ0v) is 15.5. The van der Waals surface area contributed by atoms with Gasteiger partial charge in [-0.1, -0.05) is 55.0 Å². The molecule has 0 saturated carbocycles. The molecule has 0 heterocycles. The van der Waals surface area contributed by atoms with Crippen LogP contribution in [0.15, 0.2) is 0 Å². The van der Waals surface area contributed by atoms with E-state index in [-0.39, 0.29) is 11.9 Å². The second-order valence-electron chi connectivity index (χ2n) is 5.46. The summed E-state index contributed by atoms with van der Waals surface area (Å²) in [6.07, 6.45) is 9.81. The van der Waals surface area contributed by atoms with Crippen LogP contribution in [0.2, 0.25) is 0 Å². The van der Waals surface area contributed by atoms with Gasteiger partial charge in [-0.15, -0.1) is 0 Å². The van der Waals surface area contributed by atoms with Gasteiger partial charge in [-0.25, -0.2) is 0 Å². The van der Waals surface area contributed by atoms with Crippen LogP contribution in [0.1, 0.15) is 77.6 Å². The molecule has 0 saturated heterocycles. The highest BCUT2D eigenvalue weighted by Crippen LogP contribution is 2.05. The van der Waals surface area contributed by atoms with E-state index in [0.717, 1.165) is 43.9 Å². The monoisotopic (exact) mass is 378 g/mol. The Morgan fingerprint density at radius 3 is 1.73 bits per heavy atom. The van der Waals surface area contributed by atoms with E-state index in [4.69, 9.17) is 9.47 Å². The fraction of sp³-hybridized carbons (Fsp3) is 0.882. The lowest BCUT2D eigenvalue weighted by Crippen LogP contribution is -2.09. The zero-order chi connectivity index (χ0) is 16.5. The second kappa shape index (κ2) is 16.8. The van der Waals surface area contributed by atoms with Crippen LogP contribution < -0.4 is 0 Å². The maximum absolute atomic E-state index is 11.5. The number of carbonyl (C=O) groups excluding carboxylic acids is 2. The van der Waals surface area contributed by atoms with Crippen molar-refractivity contribution in [2.75, 3.05) is 18.5 Å². The molecule has 0 spiro atoms. The van der Waals surface area contributed by atoms with Gasteiger partial charge in [0.2, 0.25) is 0 Å². The van der Waals surface area contributed by atoms with Gasteiger partial charge < -0.3 is 9.47 Å². The van der Waals surface area contributed by atoms with Crippen molar-refractivity contribution in [2.45, 2.75) is 77.6 Å². The smallest absolute Gasteiger partial charge is 0.305 e. The van der Waals surface area contributed by atoms with E-state index >= 15 is 0 Å². The highest BCUT2D eigenvalue weighted by Gasteiger charge is 2.07. The third-order valence-corrected chi connectivity index (χ3v) is 3.87. The summed E-state index contributed by atoms with van der Waals surface area (Å²) in [4.78, 5) is 22.9. The van der Waals surface area contributed by atoms with Crippen molar-refractivity contribution in [1.82, 2.24) is 0 Å². The van der Waals surface area contributed by atoms with Crippen LogP contribution >= 0.6 is 15.9 Å². The number of esters is 2. The number of hydrogen-bond acceptors (Lipinski definition) is 4. The molecule has 4 nitrogen and oxygen atoms in total. The van der Waals surface area contributed by atoms with Gasteiger partial charge in [-0.2, -0.15) is 0 Å². The highest BCUT2D eigenvalue weighted by molar-refractivity contribution is 9.09. The molecule has 0 fully saturated rings. The standard InChI is InChI=1S/C17H31BrO4/c1-2-3-4-8-14-21-16(19)11-10-12-17(20)22-15-9-6-5-7-13-18/h2-15H2,1H3. The summed E-state index contributed by atoms with van der Waals surface area (Å²) in [7, 11) is 0. The molecule has 0 aromatic rings. The predicted octanol–water partition coefficient (Wildman–Crippen LogP) is 4.78. The van der Waals surface area contributed by atoms with E-state index in [1.807, 2.05) is 0 Å². The molecule has 130 valence electrons. The van der Waals surface area contributed by atoms with Crippen LogP contribution in [0.5, 0.6) is 0 Å². The van der Waals surface area contributed by atoms with E-state index in [9.17, 15) is 9.59 Å². The molecular weight excluding hydrogens is 348 g/mol. The van der Waals surface area contributed by atoms with Crippen molar-refractivity contribution >= 4 is 27.9 Å². The van der Waals surface area contributed by atoms with Crippen molar-refractivity contribution < 1.29 is 19.1 Å². The van der Waals surface area contributed by atoms with Gasteiger partial charge in [0.1, 0.15) is 0 Å². The van der Waals surface area contributed by atoms with Gasteiger partial charge in [0, 0.05) is 18.2 Å². The third-order valence-electron chi connectivity index (χ3n) is 3.31. The minimum atomic E-state index is -0.212. The van der Waals surface area contributed by atoms with Gasteiger partial charge in [0.15, 0.2) is 0 Å². The summed E-state index contributed by atoms with van der Waals surface area (Å²) in [5, 5.41) is 1.03. The minimum Gasteiger partial charge on any atom is -0.466 e. The predicted molar refractivity (Wildman–Crippen MR) is 92.2 cm³/mol. The Kier molecular flexibility index (Phi) is 16.3. The molecule has 0 aliphatic heterocycles. The molecule has 0 amide bonds. The number of hydrogen-bond donors (Lipinski definition) is 0. The summed E-state index contributed by atoms with van der Waals surface area (Å²) in [5.41, 5.74) is 0. The Balaban J connectivity index is 3.34. The van der Waals surface area contributed by atoms with Crippen molar-refractivity contribution in [3.63, 3.8) is 0 Å². The van der Waals surface area contributed by atoms with Gasteiger partial charge >= 0.3 is 11.9 Å². The molecule has 0 aliphatic rings. The lowest BCUT2D eigenvalue weighted by atomic mass is 10.2. The first-order valence-electron chi connectivity index (χ1n) is 8.58. The van der Waals surface area contributed by atoms with Crippen LogP contribution in [0.4, 0.5) is 0 Å². The Bertz CT molecular complexity index is 282. The molecule has 0 aromatic heterocycles. The minimum absolute atomic E-state index is 0.209. The van der Waals surface area contributed by atoms with Crippen molar-refractivity contribution in [2.24, 2.45) is 0 Å². The lowest BCUT2D eigenvalue weighted by Gasteiger charge is -2.06. The molecular formula is C17H31BrO4. The summed E-state index contributed by atoms with van der Waals surface area (Å²) < 4.78 is 10.2. The van der Waals surface area contributed by atoms with E-state index < -0.39 is 0 Å². The van der Waals surface area contributed by atoms with Crippen LogP contribution in [-0.4, -0.2) is 30.5 Å². The fourth-order valence-electron chi connectivity index (χ4n) is 1.97. The maximum Gasteiger partial charge on any atom is 0.305 e. The quantitative estimate of drug-likeness (QED) is 0.233. The molecule has 0 bridgehead atoms. The number of alkyl halides is 1. The lowest BCUT2D eigenvalue weighted by molar-refractivity contribution is -0.145. The third kappa shape index (κ3) is 15.8. The van der Waals surface area contributed by atoms with Crippen LogP contribution in [0, 0.1) is 0 Å². The number of unbranched alkanes of at least 4 members (excludes halogenated alkanes) is 6. The summed E-state index contributed by atoms with van der Waals surface area (Å²) >= 11 is 3.39. The normalized spacial score (nSPS) is 10.5. The van der Waals surface area contributed by atoms with Crippen molar-refractivity contribution in [3.05, 3.63) is 0 Å². The van der Waals surface area contributed by atoms with E-state index in [1.54, 1.807) is 0 Å². The first kappa shape index (κ1) is 21.4. The van der Waals surface area contributed by atoms with Crippen LogP contribution in [-0.2, 0) is 19.1 Å². The SMILES string of the molecule is CCCCCCOC(=O)CCCC(=O)OCCCCCCBr. The second-order valence-corrected chi connectivity index (χ2v) is 6.25. The topological polar surface area (TPSA) is 52.6 Å².